The first kappa shape index (κ1) is 22.9. The average Bonchev–Trinajstić information content (AvgIpc) is 3.65. The first-order valence-electron chi connectivity index (χ1n) is 12.8. The summed E-state index contributed by atoms with van der Waals surface area (Å²) in [6.07, 6.45) is 9.43. The molecule has 1 aliphatic heterocycles. The fraction of sp³-hybridized carbons (Fsp3) is 0.500. The molecular formula is C28H36N4O2. The van der Waals surface area contributed by atoms with Gasteiger partial charge < -0.3 is 19.4 Å². The summed E-state index contributed by atoms with van der Waals surface area (Å²) in [6, 6.07) is 12.6. The number of carbonyl (C=O) groups excluding carboxylic acids is 1. The number of rotatable bonds is 8. The van der Waals surface area contributed by atoms with E-state index in [-0.39, 0.29) is 23.3 Å². The smallest absolute Gasteiger partial charge is 0.250 e. The van der Waals surface area contributed by atoms with Gasteiger partial charge >= 0.3 is 0 Å². The summed E-state index contributed by atoms with van der Waals surface area (Å²) in [7, 11) is 1.77. The van der Waals surface area contributed by atoms with Crippen molar-refractivity contribution in [2.24, 2.45) is 13.0 Å². The summed E-state index contributed by atoms with van der Waals surface area (Å²) in [5.41, 5.74) is 3.48. The second kappa shape index (κ2) is 9.79. The molecule has 2 fully saturated rings. The van der Waals surface area contributed by atoms with Crippen LogP contribution in [-0.2, 0) is 24.9 Å². The van der Waals surface area contributed by atoms with Gasteiger partial charge in [-0.05, 0) is 61.4 Å². The van der Waals surface area contributed by atoms with Crippen molar-refractivity contribution in [2.45, 2.75) is 64.1 Å². The number of hydrogen-bond donors (Lipinski definition) is 1. The third kappa shape index (κ3) is 4.56. The number of nitrogens with one attached hydrogen (secondary N) is 1. The molecule has 6 nitrogen and oxygen atoms in total. The number of fused-ring (bicyclic) bond motifs is 1. The Labute approximate surface area is 201 Å². The molecule has 1 aromatic carbocycles. The van der Waals surface area contributed by atoms with Gasteiger partial charge in [0.25, 0.3) is 5.56 Å². The Balaban J connectivity index is 1.43. The van der Waals surface area contributed by atoms with E-state index in [1.54, 1.807) is 17.7 Å². The van der Waals surface area contributed by atoms with Crippen molar-refractivity contribution in [3.8, 4) is 0 Å². The third-order valence-corrected chi connectivity index (χ3v) is 7.59. The molecule has 0 spiro atoms. The van der Waals surface area contributed by atoms with Crippen molar-refractivity contribution in [1.29, 1.82) is 0 Å². The van der Waals surface area contributed by atoms with Crippen molar-refractivity contribution in [3.63, 3.8) is 0 Å². The number of aryl methyl sites for hydroxylation is 2. The van der Waals surface area contributed by atoms with Crippen LogP contribution in [0.4, 0.5) is 0 Å². The largest absolute Gasteiger partial charge is 0.347 e. The second-order valence-corrected chi connectivity index (χ2v) is 10.0. The van der Waals surface area contributed by atoms with Crippen LogP contribution < -0.4 is 10.9 Å². The molecule has 5 rings (SSSR count). The lowest BCUT2D eigenvalue weighted by atomic mass is 9.80. The third-order valence-electron chi connectivity index (χ3n) is 7.59. The molecule has 6 heteroatoms. The maximum Gasteiger partial charge on any atom is 0.250 e. The molecule has 2 atom stereocenters. The van der Waals surface area contributed by atoms with Crippen LogP contribution >= 0.6 is 0 Å². The molecule has 3 heterocycles. The first-order valence-corrected chi connectivity index (χ1v) is 12.8. The fourth-order valence-corrected chi connectivity index (χ4v) is 5.44. The zero-order chi connectivity index (χ0) is 23.7. The summed E-state index contributed by atoms with van der Waals surface area (Å²) in [4.78, 5) is 28.5. The van der Waals surface area contributed by atoms with E-state index in [4.69, 9.17) is 0 Å². The van der Waals surface area contributed by atoms with E-state index in [9.17, 15) is 9.59 Å². The highest BCUT2D eigenvalue weighted by atomic mass is 16.2. The Morgan fingerprint density at radius 2 is 2.00 bits per heavy atom. The summed E-state index contributed by atoms with van der Waals surface area (Å²) < 4.78 is 3.95. The minimum absolute atomic E-state index is 0.0128. The van der Waals surface area contributed by atoms with Gasteiger partial charge in [0.1, 0.15) is 0 Å². The Bertz CT molecular complexity index is 1220. The van der Waals surface area contributed by atoms with Crippen molar-refractivity contribution in [2.75, 3.05) is 13.1 Å². The molecule has 3 aromatic rings. The number of piperidine rings is 1. The first-order chi connectivity index (χ1) is 16.6. The van der Waals surface area contributed by atoms with Gasteiger partial charge in [0.2, 0.25) is 5.91 Å². The number of pyridine rings is 1. The molecule has 2 aromatic heterocycles. The van der Waals surface area contributed by atoms with Gasteiger partial charge in [-0.2, -0.15) is 0 Å². The van der Waals surface area contributed by atoms with Gasteiger partial charge in [-0.15, -0.1) is 0 Å². The van der Waals surface area contributed by atoms with E-state index < -0.39 is 0 Å². The molecule has 0 radical (unpaired) electrons. The summed E-state index contributed by atoms with van der Waals surface area (Å²) in [5, 5.41) is 4.69. The number of amides is 1. The van der Waals surface area contributed by atoms with Crippen molar-refractivity contribution < 1.29 is 4.79 Å². The van der Waals surface area contributed by atoms with Crippen LogP contribution in [-0.4, -0.2) is 39.1 Å². The summed E-state index contributed by atoms with van der Waals surface area (Å²) >= 11 is 0. The minimum atomic E-state index is -0.144. The highest BCUT2D eigenvalue weighted by Gasteiger charge is 2.40. The Hall–Kier alpha value is -2.86. The van der Waals surface area contributed by atoms with Crippen molar-refractivity contribution in [3.05, 3.63) is 70.3 Å². The highest BCUT2D eigenvalue weighted by Crippen LogP contribution is 2.36. The summed E-state index contributed by atoms with van der Waals surface area (Å²) in [6.45, 7) is 5.42. The Kier molecular flexibility index (Phi) is 6.59. The number of unbranched alkanes of at least 4 members (excludes halogenated alkanes) is 1. The Morgan fingerprint density at radius 3 is 2.76 bits per heavy atom. The van der Waals surface area contributed by atoms with Crippen LogP contribution in [0.25, 0.3) is 10.9 Å². The van der Waals surface area contributed by atoms with Gasteiger partial charge in [-0.3, -0.25) is 9.59 Å². The van der Waals surface area contributed by atoms with Crippen LogP contribution in [0.3, 0.4) is 0 Å². The number of para-hydroxylation sites is 1. The fourth-order valence-electron chi connectivity index (χ4n) is 5.44. The van der Waals surface area contributed by atoms with Gasteiger partial charge in [0.15, 0.2) is 0 Å². The van der Waals surface area contributed by atoms with E-state index in [1.165, 1.54) is 16.5 Å². The molecule has 0 bridgehead atoms. The van der Waals surface area contributed by atoms with Gasteiger partial charge in [-0.25, -0.2) is 0 Å². The highest BCUT2D eigenvalue weighted by molar-refractivity contribution is 5.85. The van der Waals surface area contributed by atoms with Crippen molar-refractivity contribution in [1.82, 2.24) is 19.4 Å². The molecule has 34 heavy (non-hydrogen) atoms. The lowest BCUT2D eigenvalue weighted by Gasteiger charge is -2.35. The number of aromatic nitrogens is 2. The molecule has 2 aliphatic rings. The average molecular weight is 461 g/mol. The van der Waals surface area contributed by atoms with Gasteiger partial charge in [0.05, 0.1) is 5.92 Å². The zero-order valence-electron chi connectivity index (χ0n) is 20.4. The van der Waals surface area contributed by atoms with E-state index in [0.717, 1.165) is 50.8 Å². The minimum Gasteiger partial charge on any atom is -0.347 e. The topological polar surface area (TPSA) is 59.3 Å². The summed E-state index contributed by atoms with van der Waals surface area (Å²) in [5.74, 6) is 0.162. The van der Waals surface area contributed by atoms with Gasteiger partial charge in [-0.1, -0.05) is 31.5 Å². The van der Waals surface area contributed by atoms with E-state index in [2.05, 4.69) is 52.2 Å². The monoisotopic (exact) mass is 460 g/mol. The molecule has 1 N–H and O–H groups in total. The molecule has 1 amide bonds. The van der Waals surface area contributed by atoms with E-state index in [0.29, 0.717) is 19.1 Å². The number of nitrogens with zero attached hydrogens (tertiary/aromatic N) is 3. The number of carbonyl (C=O) groups is 1. The van der Waals surface area contributed by atoms with Crippen molar-refractivity contribution >= 4 is 16.8 Å². The van der Waals surface area contributed by atoms with Gasteiger partial charge in [0, 0.05) is 62.1 Å². The van der Waals surface area contributed by atoms with Crippen LogP contribution in [0, 0.1) is 5.92 Å². The zero-order valence-corrected chi connectivity index (χ0v) is 20.4. The molecular weight excluding hydrogens is 424 g/mol. The lowest BCUT2D eigenvalue weighted by Crippen LogP contribution is -2.47. The molecule has 1 unspecified atom stereocenters. The van der Waals surface area contributed by atoms with Crippen LogP contribution in [0.1, 0.15) is 56.1 Å². The SMILES string of the molecule is CCCCn1cc(CN(C(=O)[C@H]2CNCCC2c2ccn(C)c(=O)c2)C2CC2)c2ccccc21. The van der Waals surface area contributed by atoms with E-state index >= 15 is 0 Å². The maximum atomic E-state index is 14.0. The molecule has 1 saturated carbocycles. The Morgan fingerprint density at radius 1 is 1.18 bits per heavy atom. The molecule has 1 saturated heterocycles. The van der Waals surface area contributed by atoms with Crippen LogP contribution in [0.15, 0.2) is 53.6 Å². The predicted molar refractivity (Wildman–Crippen MR) is 136 cm³/mol. The molecule has 180 valence electrons. The van der Waals surface area contributed by atoms with Crippen LogP contribution in [0.2, 0.25) is 0 Å². The maximum absolute atomic E-state index is 14.0. The molecule has 1 aliphatic carbocycles. The van der Waals surface area contributed by atoms with Crippen LogP contribution in [0.5, 0.6) is 0 Å². The van der Waals surface area contributed by atoms with E-state index in [1.807, 2.05) is 12.3 Å². The number of benzene rings is 1. The standard InChI is InChI=1S/C28H36N4O2/c1-3-4-14-31-18-21(24-7-5-6-8-26(24)31)19-32(22-9-10-22)28(34)25-17-29-13-11-23(25)20-12-15-30(2)27(33)16-20/h5-8,12,15-16,18,22-23,25,29H,3-4,9-11,13-14,17,19H2,1-2H3/t23?,25-/m0/s1. The normalized spacial score (nSPS) is 20.5. The number of hydrogen-bond acceptors (Lipinski definition) is 3. The lowest BCUT2D eigenvalue weighted by molar-refractivity contribution is -0.138. The second-order valence-electron chi connectivity index (χ2n) is 10.0. The predicted octanol–water partition coefficient (Wildman–Crippen LogP) is 4.02. The quantitative estimate of drug-likeness (QED) is 0.552.